The van der Waals surface area contributed by atoms with Crippen LogP contribution < -0.4 is 9.64 Å². The normalized spacial score (nSPS) is 21.0. The minimum Gasteiger partial charge on any atom is -0.461 e. The number of aromatic nitrogens is 4. The van der Waals surface area contributed by atoms with Crippen molar-refractivity contribution in [3.05, 3.63) is 76.1 Å². The van der Waals surface area contributed by atoms with Crippen LogP contribution >= 0.6 is 11.3 Å². The maximum Gasteiger partial charge on any atom is 0.319 e. The highest BCUT2D eigenvalue weighted by molar-refractivity contribution is 7.10. The highest BCUT2D eigenvalue weighted by Gasteiger charge is 2.49. The molecule has 0 radical (unpaired) electrons. The van der Waals surface area contributed by atoms with Crippen LogP contribution in [0.3, 0.4) is 0 Å². The maximum atomic E-state index is 16.8. The standard InChI is InChI=1S/C37H31F4N7O2S/c1-2-24-27(39)8-7-22-5-3-6-25(30(22)24)32-31(41)33-26(19-43-32)34(45-36(44-33)50-21-37-9-4-11-48(37)20-23(38)18-37)46-12-14-47(15-13-46)35(49)28(40)17-29-42-10-16-51-29/h1,3,5-8,10,16-17,19,23H,4,9,11-15,18,20-21H2/b28-17-/t23-,37+/m1/s1. The van der Waals surface area contributed by atoms with Crippen LogP contribution in [0.4, 0.5) is 23.4 Å². The molecule has 9 nitrogen and oxygen atoms in total. The Kier molecular flexibility index (Phi) is 8.55. The van der Waals surface area contributed by atoms with Crippen molar-refractivity contribution >= 4 is 50.8 Å². The third kappa shape index (κ3) is 5.94. The maximum absolute atomic E-state index is 16.8. The van der Waals surface area contributed by atoms with E-state index in [4.69, 9.17) is 16.1 Å². The smallest absolute Gasteiger partial charge is 0.319 e. The second-order valence-corrected chi connectivity index (χ2v) is 13.9. The number of rotatable bonds is 7. The molecule has 3 saturated heterocycles. The highest BCUT2D eigenvalue weighted by atomic mass is 32.1. The first-order valence-electron chi connectivity index (χ1n) is 16.6. The van der Waals surface area contributed by atoms with E-state index in [0.717, 1.165) is 25.5 Å². The van der Waals surface area contributed by atoms with E-state index in [0.29, 0.717) is 40.1 Å². The number of alkyl halides is 1. The lowest BCUT2D eigenvalue weighted by Gasteiger charge is -2.35. The van der Waals surface area contributed by atoms with Gasteiger partial charge in [-0.2, -0.15) is 9.97 Å². The van der Waals surface area contributed by atoms with E-state index in [9.17, 15) is 18.0 Å². The Morgan fingerprint density at radius 1 is 1.12 bits per heavy atom. The number of nitrogens with zero attached hydrogens (tertiary/aromatic N) is 7. The van der Waals surface area contributed by atoms with Crippen molar-refractivity contribution in [3.63, 3.8) is 0 Å². The number of hydrogen-bond acceptors (Lipinski definition) is 9. The molecule has 0 bridgehead atoms. The van der Waals surface area contributed by atoms with Crippen LogP contribution in [0.15, 0.2) is 53.9 Å². The highest BCUT2D eigenvalue weighted by Crippen LogP contribution is 2.41. The second kappa shape index (κ2) is 13.2. The molecule has 14 heteroatoms. The van der Waals surface area contributed by atoms with Gasteiger partial charge >= 0.3 is 6.01 Å². The summed E-state index contributed by atoms with van der Waals surface area (Å²) in [5.41, 5.74) is -0.379. The number of pyridine rings is 1. The van der Waals surface area contributed by atoms with Gasteiger partial charge in [0.2, 0.25) is 0 Å². The van der Waals surface area contributed by atoms with E-state index in [2.05, 4.69) is 25.8 Å². The van der Waals surface area contributed by atoms with E-state index in [1.807, 2.05) is 4.90 Å². The number of amides is 1. The second-order valence-electron chi connectivity index (χ2n) is 13.0. The lowest BCUT2D eigenvalue weighted by atomic mass is 9.95. The number of hydrogen-bond donors (Lipinski definition) is 0. The van der Waals surface area contributed by atoms with E-state index in [-0.39, 0.29) is 61.0 Å². The van der Waals surface area contributed by atoms with Crippen molar-refractivity contribution in [2.24, 2.45) is 0 Å². The fourth-order valence-corrected chi connectivity index (χ4v) is 8.16. The first kappa shape index (κ1) is 33.0. The van der Waals surface area contributed by atoms with E-state index in [1.54, 1.807) is 29.6 Å². The largest absolute Gasteiger partial charge is 0.461 e. The van der Waals surface area contributed by atoms with Crippen molar-refractivity contribution in [3.8, 4) is 29.6 Å². The zero-order valence-corrected chi connectivity index (χ0v) is 28.1. The average molecular weight is 714 g/mol. The van der Waals surface area contributed by atoms with Gasteiger partial charge < -0.3 is 14.5 Å². The molecule has 3 aromatic heterocycles. The van der Waals surface area contributed by atoms with Gasteiger partial charge in [0.05, 0.1) is 16.5 Å². The van der Waals surface area contributed by atoms with Crippen LogP contribution in [-0.2, 0) is 4.79 Å². The quantitative estimate of drug-likeness (QED) is 0.112. The molecule has 2 aromatic carbocycles. The SMILES string of the molecule is C#Cc1c(F)ccc2cccc(-c3ncc4c(N5CCN(C(=O)/C(F)=C/c6nccs6)CC5)nc(OC[C@@]56CCCN5C[C@H](F)C6)nc4c3F)c12. The molecule has 0 saturated carbocycles. The Balaban J connectivity index is 1.17. The molecule has 8 rings (SSSR count). The van der Waals surface area contributed by atoms with Gasteiger partial charge in [-0.05, 0) is 30.8 Å². The summed E-state index contributed by atoms with van der Waals surface area (Å²) < 4.78 is 67.2. The van der Waals surface area contributed by atoms with Gasteiger partial charge in [-0.15, -0.1) is 17.8 Å². The van der Waals surface area contributed by atoms with Crippen LogP contribution in [0.2, 0.25) is 0 Å². The van der Waals surface area contributed by atoms with E-state index in [1.165, 1.54) is 34.7 Å². The van der Waals surface area contributed by atoms with Gasteiger partial charge in [-0.3, -0.25) is 14.7 Å². The van der Waals surface area contributed by atoms with E-state index < -0.39 is 35.1 Å². The molecular weight excluding hydrogens is 683 g/mol. The Hall–Kier alpha value is -5.13. The summed E-state index contributed by atoms with van der Waals surface area (Å²) in [7, 11) is 0. The number of carbonyl (C=O) groups is 1. The van der Waals surface area contributed by atoms with Gasteiger partial charge in [0, 0.05) is 73.9 Å². The molecule has 6 heterocycles. The first-order chi connectivity index (χ1) is 24.7. The summed E-state index contributed by atoms with van der Waals surface area (Å²) in [5.74, 6) is -0.343. The number of fused-ring (bicyclic) bond motifs is 3. The number of benzene rings is 2. The molecule has 1 amide bonds. The molecule has 260 valence electrons. The average Bonchev–Trinajstić information content (AvgIpc) is 3.87. The lowest BCUT2D eigenvalue weighted by Crippen LogP contribution is -2.49. The summed E-state index contributed by atoms with van der Waals surface area (Å²) in [6.07, 6.45) is 10.8. The minimum atomic E-state index is -0.966. The first-order valence-corrected chi connectivity index (χ1v) is 17.5. The fraction of sp³-hybridized carbons (Fsp3) is 0.324. The number of thiazole rings is 1. The van der Waals surface area contributed by atoms with Crippen molar-refractivity contribution < 1.29 is 27.1 Å². The molecule has 51 heavy (non-hydrogen) atoms. The van der Waals surface area contributed by atoms with Gasteiger partial charge in [0.1, 0.15) is 40.6 Å². The Morgan fingerprint density at radius 3 is 2.75 bits per heavy atom. The van der Waals surface area contributed by atoms with Crippen LogP contribution in [0.5, 0.6) is 6.01 Å². The monoisotopic (exact) mass is 713 g/mol. The van der Waals surface area contributed by atoms with Crippen molar-refractivity contribution in [1.82, 2.24) is 29.7 Å². The van der Waals surface area contributed by atoms with E-state index >= 15 is 4.39 Å². The minimum absolute atomic E-state index is 0.00903. The topological polar surface area (TPSA) is 87.6 Å². The zero-order chi connectivity index (χ0) is 35.3. The lowest BCUT2D eigenvalue weighted by molar-refractivity contribution is -0.128. The third-order valence-corrected chi connectivity index (χ3v) is 10.8. The van der Waals surface area contributed by atoms with Gasteiger partial charge in [-0.1, -0.05) is 30.2 Å². The van der Waals surface area contributed by atoms with Gasteiger partial charge in [0.25, 0.3) is 5.91 Å². The number of halogens is 4. The van der Waals surface area contributed by atoms with Crippen LogP contribution in [0.25, 0.3) is 39.0 Å². The fourth-order valence-electron chi connectivity index (χ4n) is 7.60. The van der Waals surface area contributed by atoms with Crippen molar-refractivity contribution in [2.45, 2.75) is 31.0 Å². The van der Waals surface area contributed by atoms with Crippen molar-refractivity contribution in [2.75, 3.05) is 50.8 Å². The molecule has 3 fully saturated rings. The summed E-state index contributed by atoms with van der Waals surface area (Å²) in [6, 6.07) is 7.84. The molecule has 5 aromatic rings. The molecule has 0 spiro atoms. The number of carbonyl (C=O) groups excluding carboxylic acids is 1. The summed E-state index contributed by atoms with van der Waals surface area (Å²) in [5, 5.41) is 3.32. The Bertz CT molecular complexity index is 2240. The molecule has 2 atom stereocenters. The number of piperazine rings is 1. The summed E-state index contributed by atoms with van der Waals surface area (Å²) in [4.78, 5) is 36.0. The van der Waals surface area contributed by atoms with Gasteiger partial charge in [-0.25, -0.2) is 22.5 Å². The predicted octanol–water partition coefficient (Wildman–Crippen LogP) is 6.18. The van der Waals surface area contributed by atoms with Crippen LogP contribution in [0.1, 0.15) is 29.8 Å². The number of anilines is 1. The molecule has 3 aliphatic heterocycles. The Labute approximate surface area is 294 Å². The number of ether oxygens (including phenoxy) is 1. The van der Waals surface area contributed by atoms with Crippen LogP contribution in [-0.4, -0.2) is 93.2 Å². The molecular formula is C37H31F4N7O2S. The summed E-state index contributed by atoms with van der Waals surface area (Å²) in [6.45, 7) is 2.07. The van der Waals surface area contributed by atoms with Crippen molar-refractivity contribution in [1.29, 1.82) is 0 Å². The molecule has 0 unspecified atom stereocenters. The van der Waals surface area contributed by atoms with Crippen LogP contribution in [0, 0.1) is 24.0 Å². The summed E-state index contributed by atoms with van der Waals surface area (Å²) >= 11 is 1.22. The molecule has 0 aliphatic carbocycles. The Morgan fingerprint density at radius 2 is 1.96 bits per heavy atom. The molecule has 0 N–H and O–H groups in total. The number of terminal acetylenes is 1. The predicted molar refractivity (Wildman–Crippen MR) is 187 cm³/mol. The molecule has 3 aliphatic rings. The zero-order valence-electron chi connectivity index (χ0n) is 27.3. The third-order valence-electron chi connectivity index (χ3n) is 10.0. The van der Waals surface area contributed by atoms with Gasteiger partial charge in [0.15, 0.2) is 11.6 Å².